The van der Waals surface area contributed by atoms with Gasteiger partial charge in [0.15, 0.2) is 0 Å². The lowest BCUT2D eigenvalue weighted by Crippen LogP contribution is -2.31. The van der Waals surface area contributed by atoms with Crippen LogP contribution in [0.5, 0.6) is 5.75 Å². The van der Waals surface area contributed by atoms with Crippen LogP contribution in [-0.2, 0) is 18.5 Å². The maximum atomic E-state index is 11.3. The molecule has 162 valence electrons. The van der Waals surface area contributed by atoms with E-state index in [0.717, 1.165) is 50.4 Å². The van der Waals surface area contributed by atoms with Crippen molar-refractivity contribution in [2.24, 2.45) is 0 Å². The lowest BCUT2D eigenvalue weighted by Gasteiger charge is -2.32. The lowest BCUT2D eigenvalue weighted by molar-refractivity contribution is 0.212. The van der Waals surface area contributed by atoms with E-state index in [1.807, 2.05) is 0 Å². The van der Waals surface area contributed by atoms with Crippen LogP contribution in [0, 0.1) is 0 Å². The smallest absolute Gasteiger partial charge is 0.124 e. The predicted octanol–water partition coefficient (Wildman–Crippen LogP) is 5.69. The molecule has 1 N–H and O–H groups in total. The molecule has 2 heterocycles. The predicted molar refractivity (Wildman–Crippen MR) is 125 cm³/mol. The minimum atomic E-state index is -0.0950. The van der Waals surface area contributed by atoms with Crippen molar-refractivity contribution in [1.29, 1.82) is 0 Å². The summed E-state index contributed by atoms with van der Waals surface area (Å²) in [5.41, 5.74) is 4.74. The number of hydrogen-bond donors (Lipinski definition) is 1. The van der Waals surface area contributed by atoms with Crippen LogP contribution < -0.4 is 0 Å². The Hall–Kier alpha value is -1.84. The Bertz CT molecular complexity index is 777. The summed E-state index contributed by atoms with van der Waals surface area (Å²) in [6.45, 7) is 10.9. The fourth-order valence-electron chi connectivity index (χ4n) is 5.10. The molecule has 2 aliphatic rings. The molecule has 30 heavy (non-hydrogen) atoms. The van der Waals surface area contributed by atoms with Gasteiger partial charge in [-0.05, 0) is 75.1 Å². The normalized spacial score (nSPS) is 19.1. The molecule has 2 saturated heterocycles. The van der Waals surface area contributed by atoms with Crippen LogP contribution in [-0.4, -0.2) is 41.1 Å². The molecule has 3 heteroatoms. The molecule has 0 atom stereocenters. The second-order valence-electron chi connectivity index (χ2n) is 9.81. The number of aromatic hydroxyl groups is 1. The number of hydrogen-bond acceptors (Lipinski definition) is 3. The summed E-state index contributed by atoms with van der Waals surface area (Å²) >= 11 is 0. The highest BCUT2D eigenvalue weighted by Crippen LogP contribution is 2.37. The van der Waals surface area contributed by atoms with E-state index >= 15 is 0 Å². The standard InChI is InChI=1S/C27H38N2O/c1-27(2,24-12-6-3-7-13-24)25-18-22(20-28-14-8-4-9-15-28)26(30)23(19-25)21-29-16-10-5-11-17-29/h3,6-7,12-13,18-19,30H,4-5,8-11,14-17,20-21H2,1-2H3. The summed E-state index contributed by atoms with van der Waals surface area (Å²) in [4.78, 5) is 5.03. The first kappa shape index (κ1) is 21.4. The zero-order chi connectivity index (χ0) is 21.0. The Morgan fingerprint density at radius 1 is 0.700 bits per heavy atom. The van der Waals surface area contributed by atoms with Crippen LogP contribution in [0.3, 0.4) is 0 Å². The fraction of sp³-hybridized carbons (Fsp3) is 0.556. The van der Waals surface area contributed by atoms with E-state index in [4.69, 9.17) is 0 Å². The van der Waals surface area contributed by atoms with Gasteiger partial charge in [-0.15, -0.1) is 0 Å². The van der Waals surface area contributed by atoms with Crippen molar-refractivity contribution >= 4 is 0 Å². The molecular weight excluding hydrogens is 368 g/mol. The minimum Gasteiger partial charge on any atom is -0.507 e. The van der Waals surface area contributed by atoms with E-state index in [9.17, 15) is 5.11 Å². The number of phenols is 1. The van der Waals surface area contributed by atoms with Crippen molar-refractivity contribution in [2.75, 3.05) is 26.2 Å². The SMILES string of the molecule is CC(C)(c1ccccc1)c1cc(CN2CCCCC2)c(O)c(CN2CCCCC2)c1. The summed E-state index contributed by atoms with van der Waals surface area (Å²) in [5.74, 6) is 0.527. The van der Waals surface area contributed by atoms with Gasteiger partial charge in [-0.3, -0.25) is 9.80 Å². The zero-order valence-corrected chi connectivity index (χ0v) is 18.9. The molecule has 0 amide bonds. The van der Waals surface area contributed by atoms with Gasteiger partial charge in [0.05, 0.1) is 0 Å². The molecule has 0 spiro atoms. The van der Waals surface area contributed by atoms with E-state index in [2.05, 4.69) is 66.1 Å². The van der Waals surface area contributed by atoms with E-state index < -0.39 is 0 Å². The summed E-state index contributed by atoms with van der Waals surface area (Å²) in [6.07, 6.45) is 7.77. The highest BCUT2D eigenvalue weighted by Gasteiger charge is 2.26. The highest BCUT2D eigenvalue weighted by molar-refractivity contribution is 5.49. The van der Waals surface area contributed by atoms with Gasteiger partial charge >= 0.3 is 0 Å². The average Bonchev–Trinajstić information content (AvgIpc) is 2.78. The van der Waals surface area contributed by atoms with Crippen LogP contribution in [0.15, 0.2) is 42.5 Å². The molecule has 0 bridgehead atoms. The maximum absolute atomic E-state index is 11.3. The van der Waals surface area contributed by atoms with Crippen LogP contribution in [0.25, 0.3) is 0 Å². The Labute approximate surface area is 182 Å². The Kier molecular flexibility index (Phi) is 6.80. The Balaban J connectivity index is 1.69. The third kappa shape index (κ3) is 4.90. The van der Waals surface area contributed by atoms with Gasteiger partial charge in [0.25, 0.3) is 0 Å². The van der Waals surface area contributed by atoms with Crippen molar-refractivity contribution < 1.29 is 5.11 Å². The van der Waals surface area contributed by atoms with Crippen LogP contribution in [0.4, 0.5) is 0 Å². The largest absolute Gasteiger partial charge is 0.507 e. The Morgan fingerprint density at radius 2 is 1.17 bits per heavy atom. The van der Waals surface area contributed by atoms with Gasteiger partial charge in [0, 0.05) is 29.6 Å². The second-order valence-corrected chi connectivity index (χ2v) is 9.81. The molecule has 2 aromatic carbocycles. The summed E-state index contributed by atoms with van der Waals surface area (Å²) in [5, 5.41) is 11.3. The van der Waals surface area contributed by atoms with E-state index in [1.54, 1.807) is 0 Å². The average molecular weight is 407 g/mol. The minimum absolute atomic E-state index is 0.0950. The molecule has 0 radical (unpaired) electrons. The molecule has 4 rings (SSSR count). The highest BCUT2D eigenvalue weighted by atomic mass is 16.3. The maximum Gasteiger partial charge on any atom is 0.124 e. The first-order chi connectivity index (χ1) is 14.5. The van der Waals surface area contributed by atoms with Crippen molar-refractivity contribution in [3.63, 3.8) is 0 Å². The zero-order valence-electron chi connectivity index (χ0n) is 18.9. The molecule has 0 unspecified atom stereocenters. The summed E-state index contributed by atoms with van der Waals surface area (Å²) in [6, 6.07) is 15.3. The van der Waals surface area contributed by atoms with E-state index in [0.29, 0.717) is 5.75 Å². The van der Waals surface area contributed by atoms with Gasteiger partial charge in [-0.25, -0.2) is 0 Å². The summed E-state index contributed by atoms with van der Waals surface area (Å²) in [7, 11) is 0. The molecule has 0 aromatic heterocycles. The van der Waals surface area contributed by atoms with Crippen molar-refractivity contribution in [2.45, 2.75) is 70.9 Å². The van der Waals surface area contributed by atoms with Gasteiger partial charge < -0.3 is 5.11 Å². The molecule has 3 nitrogen and oxygen atoms in total. The third-order valence-electron chi connectivity index (χ3n) is 7.17. The third-order valence-corrected chi connectivity index (χ3v) is 7.17. The van der Waals surface area contributed by atoms with Gasteiger partial charge in [-0.2, -0.15) is 0 Å². The van der Waals surface area contributed by atoms with Crippen LogP contribution >= 0.6 is 0 Å². The number of piperidine rings is 2. The van der Waals surface area contributed by atoms with Crippen molar-refractivity contribution in [3.8, 4) is 5.75 Å². The van der Waals surface area contributed by atoms with E-state index in [-0.39, 0.29) is 5.41 Å². The van der Waals surface area contributed by atoms with Crippen molar-refractivity contribution in [3.05, 3.63) is 64.7 Å². The number of nitrogens with zero attached hydrogens (tertiary/aromatic N) is 2. The monoisotopic (exact) mass is 406 g/mol. The van der Waals surface area contributed by atoms with Gasteiger partial charge in [0.2, 0.25) is 0 Å². The van der Waals surface area contributed by atoms with Crippen LogP contribution in [0.2, 0.25) is 0 Å². The fourth-order valence-corrected chi connectivity index (χ4v) is 5.10. The molecular formula is C27H38N2O. The number of phenolic OH excluding ortho intramolecular Hbond substituents is 1. The molecule has 0 aliphatic carbocycles. The first-order valence-corrected chi connectivity index (χ1v) is 11.9. The first-order valence-electron chi connectivity index (χ1n) is 11.9. The van der Waals surface area contributed by atoms with Crippen LogP contribution in [0.1, 0.15) is 74.6 Å². The van der Waals surface area contributed by atoms with Gasteiger partial charge in [0.1, 0.15) is 5.75 Å². The number of benzene rings is 2. The molecule has 2 fully saturated rings. The number of likely N-dealkylation sites (tertiary alicyclic amines) is 2. The Morgan fingerprint density at radius 3 is 1.63 bits per heavy atom. The topological polar surface area (TPSA) is 26.7 Å². The summed E-state index contributed by atoms with van der Waals surface area (Å²) < 4.78 is 0. The molecule has 2 aliphatic heterocycles. The quantitative estimate of drug-likeness (QED) is 0.667. The van der Waals surface area contributed by atoms with Gasteiger partial charge in [-0.1, -0.05) is 57.0 Å². The van der Waals surface area contributed by atoms with Crippen molar-refractivity contribution in [1.82, 2.24) is 9.80 Å². The molecule has 2 aromatic rings. The second kappa shape index (κ2) is 9.53. The lowest BCUT2D eigenvalue weighted by atomic mass is 9.77. The number of rotatable bonds is 6. The molecule has 0 saturated carbocycles. The van der Waals surface area contributed by atoms with E-state index in [1.165, 1.54) is 49.7 Å².